The Morgan fingerprint density at radius 2 is 2.25 bits per heavy atom. The van der Waals surface area contributed by atoms with Gasteiger partial charge in [-0.1, -0.05) is 18.6 Å². The maximum Gasteiger partial charge on any atom is 0.00505 e. The van der Waals surface area contributed by atoms with Crippen molar-refractivity contribution in [2.24, 2.45) is 5.41 Å². The van der Waals surface area contributed by atoms with E-state index in [9.17, 15) is 0 Å². The zero-order valence-corrected chi connectivity index (χ0v) is 8.27. The molecule has 0 unspecified atom stereocenters. The number of nitrogens with zero attached hydrogens (tertiary/aromatic N) is 1. The van der Waals surface area contributed by atoms with Crippen molar-refractivity contribution in [1.29, 1.82) is 0 Å². The third-order valence-electron chi connectivity index (χ3n) is 3.46. The molecule has 2 rings (SSSR count). The molecule has 12 heavy (non-hydrogen) atoms. The minimum Gasteiger partial charge on any atom is -0.305 e. The fourth-order valence-electron chi connectivity index (χ4n) is 2.70. The van der Waals surface area contributed by atoms with Gasteiger partial charge in [-0.15, -0.1) is 0 Å². The van der Waals surface area contributed by atoms with E-state index in [-0.39, 0.29) is 0 Å². The topological polar surface area (TPSA) is 3.24 Å². The quantitative estimate of drug-likeness (QED) is 0.539. The number of allylic oxidation sites excluding steroid dienone is 2. The van der Waals surface area contributed by atoms with Crippen molar-refractivity contribution in [2.45, 2.75) is 32.6 Å². The lowest BCUT2D eigenvalue weighted by Gasteiger charge is -2.50. The molecule has 0 atom stereocenters. The van der Waals surface area contributed by atoms with Crippen LogP contribution in [0, 0.1) is 5.41 Å². The van der Waals surface area contributed by atoms with Gasteiger partial charge in [0.05, 0.1) is 0 Å². The molecule has 2 aliphatic rings. The molecule has 0 N–H and O–H groups in total. The first kappa shape index (κ1) is 8.31. The average molecular weight is 165 g/mol. The molecular formula is C11H19N. The Bertz CT molecular complexity index is 199. The van der Waals surface area contributed by atoms with Crippen molar-refractivity contribution in [2.75, 3.05) is 20.1 Å². The molecule has 0 radical (unpaired) electrons. The van der Waals surface area contributed by atoms with Gasteiger partial charge in [0.1, 0.15) is 0 Å². The van der Waals surface area contributed by atoms with Gasteiger partial charge in [0.15, 0.2) is 0 Å². The van der Waals surface area contributed by atoms with Crippen LogP contribution >= 0.6 is 0 Å². The molecule has 1 heterocycles. The normalized spacial score (nSPS) is 28.3. The van der Waals surface area contributed by atoms with Crippen LogP contribution in [0.4, 0.5) is 0 Å². The summed E-state index contributed by atoms with van der Waals surface area (Å²) in [6.07, 6.45) is 7.92. The molecule has 0 saturated carbocycles. The van der Waals surface area contributed by atoms with E-state index in [1.54, 1.807) is 5.57 Å². The van der Waals surface area contributed by atoms with Crippen LogP contribution in [-0.2, 0) is 0 Å². The molecule has 1 nitrogen and oxygen atoms in total. The zero-order chi connectivity index (χ0) is 8.60. The summed E-state index contributed by atoms with van der Waals surface area (Å²) in [5, 5.41) is 0. The third kappa shape index (κ3) is 1.31. The third-order valence-corrected chi connectivity index (χ3v) is 3.46. The molecule has 1 spiro atoms. The summed E-state index contributed by atoms with van der Waals surface area (Å²) in [6.45, 7) is 4.94. The summed E-state index contributed by atoms with van der Waals surface area (Å²) < 4.78 is 0. The molecule has 1 aliphatic carbocycles. The van der Waals surface area contributed by atoms with Gasteiger partial charge in [-0.25, -0.2) is 0 Å². The molecule has 0 aromatic heterocycles. The molecule has 1 saturated heterocycles. The molecular weight excluding hydrogens is 146 g/mol. The number of rotatable bonds is 1. The van der Waals surface area contributed by atoms with E-state index in [1.165, 1.54) is 38.8 Å². The predicted octanol–water partition coefficient (Wildman–Crippen LogP) is 2.44. The lowest BCUT2D eigenvalue weighted by atomic mass is 9.69. The van der Waals surface area contributed by atoms with Gasteiger partial charge in [0, 0.05) is 13.1 Å². The van der Waals surface area contributed by atoms with E-state index in [0.717, 1.165) is 0 Å². The van der Waals surface area contributed by atoms with Gasteiger partial charge < -0.3 is 4.90 Å². The SMILES string of the molecule is CCC1=CCC2(CC1)CN(C)C2. The Labute approximate surface area is 75.4 Å². The van der Waals surface area contributed by atoms with Crippen molar-refractivity contribution in [3.05, 3.63) is 11.6 Å². The molecule has 68 valence electrons. The molecule has 1 heteroatoms. The number of hydrogen-bond donors (Lipinski definition) is 0. The molecule has 1 aliphatic heterocycles. The largest absolute Gasteiger partial charge is 0.305 e. The first-order valence-corrected chi connectivity index (χ1v) is 5.11. The predicted molar refractivity (Wildman–Crippen MR) is 52.2 cm³/mol. The van der Waals surface area contributed by atoms with E-state index in [1.807, 2.05) is 0 Å². The summed E-state index contributed by atoms with van der Waals surface area (Å²) in [4.78, 5) is 2.44. The first-order chi connectivity index (χ1) is 5.74. The van der Waals surface area contributed by atoms with Gasteiger partial charge in [-0.3, -0.25) is 0 Å². The molecule has 0 aromatic rings. The van der Waals surface area contributed by atoms with Crippen LogP contribution in [-0.4, -0.2) is 25.0 Å². The van der Waals surface area contributed by atoms with Gasteiger partial charge in [0.2, 0.25) is 0 Å². The highest BCUT2D eigenvalue weighted by Gasteiger charge is 2.40. The van der Waals surface area contributed by atoms with Crippen molar-refractivity contribution >= 4 is 0 Å². The van der Waals surface area contributed by atoms with E-state index in [4.69, 9.17) is 0 Å². The lowest BCUT2D eigenvalue weighted by Crippen LogP contribution is -2.54. The van der Waals surface area contributed by atoms with Gasteiger partial charge in [-0.05, 0) is 38.1 Å². The van der Waals surface area contributed by atoms with Crippen LogP contribution in [0.5, 0.6) is 0 Å². The maximum atomic E-state index is 2.50. The second-order valence-electron chi connectivity index (χ2n) is 4.59. The second-order valence-corrected chi connectivity index (χ2v) is 4.59. The number of likely N-dealkylation sites (tertiary alicyclic amines) is 1. The summed E-state index contributed by atoms with van der Waals surface area (Å²) in [6, 6.07) is 0. The standard InChI is InChI=1S/C11H19N/c1-3-10-4-6-11(7-5-10)8-12(2)9-11/h4H,3,5-9H2,1-2H3. The highest BCUT2D eigenvalue weighted by atomic mass is 15.2. The Kier molecular flexibility index (Phi) is 1.99. The van der Waals surface area contributed by atoms with Crippen molar-refractivity contribution < 1.29 is 0 Å². The van der Waals surface area contributed by atoms with Crippen molar-refractivity contribution in [3.63, 3.8) is 0 Å². The van der Waals surface area contributed by atoms with Crippen LogP contribution in [0.3, 0.4) is 0 Å². The van der Waals surface area contributed by atoms with Crippen LogP contribution < -0.4 is 0 Å². The van der Waals surface area contributed by atoms with Crippen LogP contribution in [0.25, 0.3) is 0 Å². The highest BCUT2D eigenvalue weighted by Crippen LogP contribution is 2.42. The minimum absolute atomic E-state index is 0.702. The summed E-state index contributed by atoms with van der Waals surface area (Å²) in [7, 11) is 2.23. The fourth-order valence-corrected chi connectivity index (χ4v) is 2.70. The van der Waals surface area contributed by atoms with Crippen LogP contribution in [0.1, 0.15) is 32.6 Å². The van der Waals surface area contributed by atoms with E-state index < -0.39 is 0 Å². The molecule has 1 fully saturated rings. The Morgan fingerprint density at radius 3 is 2.67 bits per heavy atom. The Hall–Kier alpha value is -0.300. The van der Waals surface area contributed by atoms with E-state index in [2.05, 4.69) is 24.9 Å². The van der Waals surface area contributed by atoms with Gasteiger partial charge in [-0.2, -0.15) is 0 Å². The molecule has 0 bridgehead atoms. The lowest BCUT2D eigenvalue weighted by molar-refractivity contribution is 0.0131. The highest BCUT2D eigenvalue weighted by molar-refractivity contribution is 5.12. The number of hydrogen-bond acceptors (Lipinski definition) is 1. The fraction of sp³-hybridized carbons (Fsp3) is 0.818. The monoisotopic (exact) mass is 165 g/mol. The van der Waals surface area contributed by atoms with Crippen LogP contribution in [0.2, 0.25) is 0 Å². The van der Waals surface area contributed by atoms with Crippen molar-refractivity contribution in [3.8, 4) is 0 Å². The minimum atomic E-state index is 0.702. The summed E-state index contributed by atoms with van der Waals surface area (Å²) in [5.41, 5.74) is 2.39. The molecule has 0 aromatic carbocycles. The smallest absolute Gasteiger partial charge is 0.00505 e. The average Bonchev–Trinajstić information content (AvgIpc) is 2.04. The maximum absolute atomic E-state index is 2.50. The zero-order valence-electron chi connectivity index (χ0n) is 8.27. The van der Waals surface area contributed by atoms with E-state index in [0.29, 0.717) is 5.41 Å². The first-order valence-electron chi connectivity index (χ1n) is 5.11. The summed E-state index contributed by atoms with van der Waals surface area (Å²) in [5.74, 6) is 0. The van der Waals surface area contributed by atoms with Gasteiger partial charge in [0.25, 0.3) is 0 Å². The Morgan fingerprint density at radius 1 is 1.50 bits per heavy atom. The molecule has 0 amide bonds. The van der Waals surface area contributed by atoms with E-state index >= 15 is 0 Å². The Balaban J connectivity index is 1.95. The van der Waals surface area contributed by atoms with Crippen LogP contribution in [0.15, 0.2) is 11.6 Å². The van der Waals surface area contributed by atoms with Gasteiger partial charge >= 0.3 is 0 Å². The summed E-state index contributed by atoms with van der Waals surface area (Å²) >= 11 is 0. The van der Waals surface area contributed by atoms with Crippen molar-refractivity contribution in [1.82, 2.24) is 4.90 Å². The second kappa shape index (κ2) is 2.88.